The van der Waals surface area contributed by atoms with Crippen molar-refractivity contribution in [3.05, 3.63) is 36.4 Å². The van der Waals surface area contributed by atoms with Crippen molar-refractivity contribution in [3.8, 4) is 5.75 Å². The summed E-state index contributed by atoms with van der Waals surface area (Å²) in [6.45, 7) is 5.77. The largest absolute Gasteiger partial charge is 0.495 e. The summed E-state index contributed by atoms with van der Waals surface area (Å²) in [4.78, 5) is 12.1. The zero-order chi connectivity index (χ0) is 16.6. The minimum Gasteiger partial charge on any atom is -0.495 e. The van der Waals surface area contributed by atoms with Crippen LogP contribution in [0, 0.1) is 0 Å². The van der Waals surface area contributed by atoms with E-state index in [0.717, 1.165) is 16.4 Å². The second kappa shape index (κ2) is 5.50. The van der Waals surface area contributed by atoms with E-state index in [2.05, 4.69) is 10.6 Å². The smallest absolute Gasteiger partial charge is 0.319 e. The number of furan rings is 1. The van der Waals surface area contributed by atoms with Gasteiger partial charge in [0.25, 0.3) is 0 Å². The Morgan fingerprint density at radius 2 is 1.83 bits per heavy atom. The van der Waals surface area contributed by atoms with Crippen LogP contribution in [0.15, 0.2) is 40.8 Å². The number of methoxy groups -OCH3 is 1. The summed E-state index contributed by atoms with van der Waals surface area (Å²) in [5.41, 5.74) is 1.76. The predicted octanol–water partition coefficient (Wildman–Crippen LogP) is 4.51. The van der Waals surface area contributed by atoms with Crippen molar-refractivity contribution >= 4 is 33.7 Å². The lowest BCUT2D eigenvalue weighted by atomic mass is 10.1. The number of nitrogens with one attached hydrogen (secondary N) is 2. The molecule has 2 amide bonds. The molecule has 2 N–H and O–H groups in total. The van der Waals surface area contributed by atoms with Crippen LogP contribution in [0.2, 0.25) is 0 Å². The Labute approximate surface area is 134 Å². The number of anilines is 1. The number of fused-ring (bicyclic) bond motifs is 3. The lowest BCUT2D eigenvalue weighted by molar-refractivity contribution is 0.243. The summed E-state index contributed by atoms with van der Waals surface area (Å²) in [6, 6.07) is 11.2. The Kier molecular flexibility index (Phi) is 3.64. The first-order valence-electron chi connectivity index (χ1n) is 7.46. The molecule has 2 aromatic carbocycles. The molecule has 5 nitrogen and oxygen atoms in total. The van der Waals surface area contributed by atoms with Crippen molar-refractivity contribution in [1.29, 1.82) is 0 Å². The minimum atomic E-state index is -0.319. The van der Waals surface area contributed by atoms with Crippen molar-refractivity contribution in [2.24, 2.45) is 0 Å². The van der Waals surface area contributed by atoms with E-state index in [-0.39, 0.29) is 11.6 Å². The molecule has 1 heterocycles. The zero-order valence-corrected chi connectivity index (χ0v) is 13.7. The zero-order valence-electron chi connectivity index (χ0n) is 13.7. The normalized spacial score (nSPS) is 11.7. The number of rotatable bonds is 2. The van der Waals surface area contributed by atoms with Crippen LogP contribution in [0.25, 0.3) is 21.9 Å². The summed E-state index contributed by atoms with van der Waals surface area (Å²) in [7, 11) is 1.58. The minimum absolute atomic E-state index is 0.286. The Morgan fingerprint density at radius 3 is 2.52 bits per heavy atom. The molecular weight excluding hydrogens is 292 g/mol. The highest BCUT2D eigenvalue weighted by Gasteiger charge is 2.17. The molecule has 0 spiro atoms. The molecule has 3 rings (SSSR count). The molecule has 0 aliphatic rings. The summed E-state index contributed by atoms with van der Waals surface area (Å²) < 4.78 is 11.3. The topological polar surface area (TPSA) is 63.5 Å². The average Bonchev–Trinajstić information content (AvgIpc) is 2.81. The Hall–Kier alpha value is -2.69. The van der Waals surface area contributed by atoms with Crippen LogP contribution in [0.3, 0.4) is 0 Å². The van der Waals surface area contributed by atoms with E-state index in [1.54, 1.807) is 13.2 Å². The molecule has 5 heteroatoms. The first-order valence-corrected chi connectivity index (χ1v) is 7.46. The quantitative estimate of drug-likeness (QED) is 0.731. The molecule has 0 fully saturated rings. The molecular formula is C18H20N2O3. The lowest BCUT2D eigenvalue weighted by Crippen LogP contribution is -2.43. The second-order valence-corrected chi connectivity index (χ2v) is 6.48. The molecule has 0 radical (unpaired) electrons. The van der Waals surface area contributed by atoms with Crippen molar-refractivity contribution < 1.29 is 13.9 Å². The molecule has 0 unspecified atom stereocenters. The maximum absolute atomic E-state index is 12.1. The van der Waals surface area contributed by atoms with Crippen LogP contribution in [0.1, 0.15) is 20.8 Å². The number of hydrogen-bond donors (Lipinski definition) is 2. The summed E-state index contributed by atoms with van der Waals surface area (Å²) in [5, 5.41) is 7.65. The van der Waals surface area contributed by atoms with E-state index >= 15 is 0 Å². The van der Waals surface area contributed by atoms with Gasteiger partial charge in [0.05, 0.1) is 12.8 Å². The van der Waals surface area contributed by atoms with Gasteiger partial charge in [0.1, 0.15) is 16.9 Å². The van der Waals surface area contributed by atoms with Crippen molar-refractivity contribution in [2.75, 3.05) is 12.4 Å². The van der Waals surface area contributed by atoms with Gasteiger partial charge in [-0.05, 0) is 32.9 Å². The first-order chi connectivity index (χ1) is 10.9. The van der Waals surface area contributed by atoms with Gasteiger partial charge in [-0.2, -0.15) is 0 Å². The summed E-state index contributed by atoms with van der Waals surface area (Å²) >= 11 is 0. The van der Waals surface area contributed by atoms with Gasteiger partial charge < -0.3 is 19.8 Å². The summed E-state index contributed by atoms with van der Waals surface area (Å²) in [6.07, 6.45) is 0. The third-order valence-electron chi connectivity index (χ3n) is 3.44. The van der Waals surface area contributed by atoms with E-state index in [9.17, 15) is 4.79 Å². The van der Waals surface area contributed by atoms with Crippen molar-refractivity contribution in [2.45, 2.75) is 26.3 Å². The number of para-hydroxylation sites is 1. The first kappa shape index (κ1) is 15.2. The molecule has 0 aliphatic heterocycles. The third kappa shape index (κ3) is 3.08. The van der Waals surface area contributed by atoms with E-state index in [1.165, 1.54) is 0 Å². The van der Waals surface area contributed by atoms with Crippen molar-refractivity contribution in [3.63, 3.8) is 0 Å². The second-order valence-electron chi connectivity index (χ2n) is 6.48. The highest BCUT2D eigenvalue weighted by atomic mass is 16.5. The van der Waals surface area contributed by atoms with Crippen molar-refractivity contribution in [1.82, 2.24) is 5.32 Å². The van der Waals surface area contributed by atoms with Gasteiger partial charge in [-0.3, -0.25) is 0 Å². The Bertz CT molecular complexity index is 875. The Balaban J connectivity index is 2.03. The van der Waals surface area contributed by atoms with E-state index in [0.29, 0.717) is 17.0 Å². The van der Waals surface area contributed by atoms with Gasteiger partial charge in [-0.1, -0.05) is 18.2 Å². The highest BCUT2D eigenvalue weighted by molar-refractivity contribution is 6.07. The van der Waals surface area contributed by atoms with Gasteiger partial charge in [-0.25, -0.2) is 4.79 Å². The SMILES string of the molecule is COc1cc2c(cc1NC(=O)NC(C)(C)C)oc1ccccc12. The molecule has 120 valence electrons. The molecule has 23 heavy (non-hydrogen) atoms. The monoisotopic (exact) mass is 312 g/mol. The number of hydrogen-bond acceptors (Lipinski definition) is 3. The van der Waals surface area contributed by atoms with Gasteiger partial charge in [0.2, 0.25) is 0 Å². The number of urea groups is 1. The van der Waals surface area contributed by atoms with Gasteiger partial charge in [0.15, 0.2) is 0 Å². The predicted molar refractivity (Wildman–Crippen MR) is 92.2 cm³/mol. The van der Waals surface area contributed by atoms with Crippen LogP contribution >= 0.6 is 0 Å². The Morgan fingerprint density at radius 1 is 1.09 bits per heavy atom. The molecule has 0 atom stereocenters. The van der Waals surface area contributed by atoms with Crippen LogP contribution in [0.5, 0.6) is 5.75 Å². The maximum atomic E-state index is 12.1. The fourth-order valence-corrected chi connectivity index (χ4v) is 2.51. The molecule has 0 saturated heterocycles. The molecule has 3 aromatic rings. The van der Waals surface area contributed by atoms with Crippen LogP contribution in [-0.4, -0.2) is 18.7 Å². The van der Waals surface area contributed by atoms with Crippen LogP contribution in [-0.2, 0) is 0 Å². The number of carbonyl (C=O) groups is 1. The fourth-order valence-electron chi connectivity index (χ4n) is 2.51. The number of benzene rings is 2. The van der Waals surface area contributed by atoms with Crippen LogP contribution in [0.4, 0.5) is 10.5 Å². The summed E-state index contributed by atoms with van der Waals surface area (Å²) in [5.74, 6) is 0.591. The fraction of sp³-hybridized carbons (Fsp3) is 0.278. The van der Waals surface area contributed by atoms with E-state index < -0.39 is 0 Å². The van der Waals surface area contributed by atoms with E-state index in [1.807, 2.05) is 51.1 Å². The van der Waals surface area contributed by atoms with Gasteiger partial charge in [0, 0.05) is 22.4 Å². The lowest BCUT2D eigenvalue weighted by Gasteiger charge is -2.21. The average molecular weight is 312 g/mol. The van der Waals surface area contributed by atoms with Gasteiger partial charge >= 0.3 is 6.03 Å². The van der Waals surface area contributed by atoms with Gasteiger partial charge in [-0.15, -0.1) is 0 Å². The number of carbonyl (C=O) groups excluding carboxylic acids is 1. The maximum Gasteiger partial charge on any atom is 0.319 e. The number of ether oxygens (including phenoxy) is 1. The third-order valence-corrected chi connectivity index (χ3v) is 3.44. The standard InChI is InChI=1S/C18H20N2O3/c1-18(2,3)20-17(21)19-13-10-15-12(9-16(13)22-4)11-7-5-6-8-14(11)23-15/h5-10H,1-4H3,(H2,19,20,21). The molecule has 0 aliphatic carbocycles. The van der Waals surface area contributed by atoms with E-state index in [4.69, 9.17) is 9.15 Å². The number of amides is 2. The molecule has 1 aromatic heterocycles. The highest BCUT2D eigenvalue weighted by Crippen LogP contribution is 2.36. The molecule has 0 saturated carbocycles. The van der Waals surface area contributed by atoms with Crippen LogP contribution < -0.4 is 15.4 Å². The molecule has 0 bridgehead atoms.